The zero-order valence-electron chi connectivity index (χ0n) is 9.91. The SMILES string of the molecule is CCc1cc(CO)nn1-c1ccc([N+](=O)[O-])cc1. The van der Waals surface area contributed by atoms with Crippen LogP contribution in [0.1, 0.15) is 18.3 Å². The van der Waals surface area contributed by atoms with Gasteiger partial charge >= 0.3 is 0 Å². The van der Waals surface area contributed by atoms with Crippen molar-refractivity contribution in [3.63, 3.8) is 0 Å². The van der Waals surface area contributed by atoms with E-state index in [1.807, 2.05) is 13.0 Å². The molecule has 18 heavy (non-hydrogen) atoms. The lowest BCUT2D eigenvalue weighted by atomic mass is 10.2. The molecule has 94 valence electrons. The van der Waals surface area contributed by atoms with Crippen molar-refractivity contribution < 1.29 is 10.0 Å². The van der Waals surface area contributed by atoms with Crippen molar-refractivity contribution in [3.8, 4) is 5.69 Å². The van der Waals surface area contributed by atoms with Crippen LogP contribution >= 0.6 is 0 Å². The maximum atomic E-state index is 10.6. The summed E-state index contributed by atoms with van der Waals surface area (Å²) in [6.07, 6.45) is 0.768. The molecule has 0 unspecified atom stereocenters. The van der Waals surface area contributed by atoms with Crippen LogP contribution in [0.5, 0.6) is 0 Å². The highest BCUT2D eigenvalue weighted by Gasteiger charge is 2.09. The van der Waals surface area contributed by atoms with Gasteiger partial charge in [-0.25, -0.2) is 4.68 Å². The number of non-ortho nitro benzene ring substituents is 1. The second-order valence-corrected chi connectivity index (χ2v) is 3.82. The Morgan fingerprint density at radius 2 is 2.06 bits per heavy atom. The van der Waals surface area contributed by atoms with E-state index in [0.717, 1.165) is 17.8 Å². The van der Waals surface area contributed by atoms with Gasteiger partial charge in [-0.3, -0.25) is 10.1 Å². The fraction of sp³-hybridized carbons (Fsp3) is 0.250. The Labute approximate surface area is 104 Å². The summed E-state index contributed by atoms with van der Waals surface area (Å²) in [5, 5.41) is 23.9. The molecule has 2 aromatic rings. The zero-order chi connectivity index (χ0) is 13.1. The Morgan fingerprint density at radius 3 is 2.56 bits per heavy atom. The molecule has 1 aromatic heterocycles. The lowest BCUT2D eigenvalue weighted by Gasteiger charge is -2.05. The molecule has 0 aliphatic rings. The molecule has 0 spiro atoms. The van der Waals surface area contributed by atoms with Crippen molar-refractivity contribution in [1.29, 1.82) is 0 Å². The van der Waals surface area contributed by atoms with Gasteiger partial charge in [-0.05, 0) is 24.6 Å². The molecule has 0 atom stereocenters. The highest BCUT2D eigenvalue weighted by Crippen LogP contribution is 2.17. The molecule has 0 amide bonds. The largest absolute Gasteiger partial charge is 0.390 e. The van der Waals surface area contributed by atoms with E-state index >= 15 is 0 Å². The van der Waals surface area contributed by atoms with Crippen LogP contribution in [0, 0.1) is 10.1 Å². The van der Waals surface area contributed by atoms with Crippen LogP contribution in [-0.2, 0) is 13.0 Å². The minimum Gasteiger partial charge on any atom is -0.390 e. The summed E-state index contributed by atoms with van der Waals surface area (Å²) >= 11 is 0. The first-order valence-electron chi connectivity index (χ1n) is 5.59. The van der Waals surface area contributed by atoms with Gasteiger partial charge in [-0.15, -0.1) is 0 Å². The number of aryl methyl sites for hydroxylation is 1. The first-order chi connectivity index (χ1) is 8.65. The van der Waals surface area contributed by atoms with E-state index in [1.165, 1.54) is 12.1 Å². The van der Waals surface area contributed by atoms with Gasteiger partial charge in [0.25, 0.3) is 5.69 Å². The summed E-state index contributed by atoms with van der Waals surface area (Å²) < 4.78 is 1.69. The maximum Gasteiger partial charge on any atom is 0.269 e. The molecule has 6 heteroatoms. The van der Waals surface area contributed by atoms with Crippen LogP contribution in [0.4, 0.5) is 5.69 Å². The Balaban J connectivity index is 2.41. The van der Waals surface area contributed by atoms with Crippen LogP contribution in [0.25, 0.3) is 5.69 Å². The van der Waals surface area contributed by atoms with E-state index in [9.17, 15) is 10.1 Å². The van der Waals surface area contributed by atoms with Gasteiger partial charge in [0.1, 0.15) is 0 Å². The number of rotatable bonds is 4. The molecular weight excluding hydrogens is 234 g/mol. The summed E-state index contributed by atoms with van der Waals surface area (Å²) in [7, 11) is 0. The molecule has 0 saturated heterocycles. The third kappa shape index (κ3) is 2.23. The molecule has 1 N–H and O–H groups in total. The summed E-state index contributed by atoms with van der Waals surface area (Å²) in [5.74, 6) is 0. The number of aromatic nitrogens is 2. The van der Waals surface area contributed by atoms with Gasteiger partial charge in [0.05, 0.1) is 22.9 Å². The van der Waals surface area contributed by atoms with E-state index in [-0.39, 0.29) is 12.3 Å². The lowest BCUT2D eigenvalue weighted by Crippen LogP contribution is -2.01. The highest BCUT2D eigenvalue weighted by molar-refractivity contribution is 5.41. The van der Waals surface area contributed by atoms with Gasteiger partial charge in [0.15, 0.2) is 0 Å². The number of aliphatic hydroxyl groups excluding tert-OH is 1. The van der Waals surface area contributed by atoms with E-state index in [2.05, 4.69) is 5.10 Å². The standard InChI is InChI=1S/C12H13N3O3/c1-2-10-7-9(8-16)13-14(10)11-3-5-12(6-4-11)15(17)18/h3-7,16H,2,8H2,1H3. The number of hydrogen-bond acceptors (Lipinski definition) is 4. The zero-order valence-corrected chi connectivity index (χ0v) is 9.91. The fourth-order valence-electron chi connectivity index (χ4n) is 1.74. The van der Waals surface area contributed by atoms with Crippen LogP contribution in [-0.4, -0.2) is 19.8 Å². The van der Waals surface area contributed by atoms with Crippen LogP contribution in [0.2, 0.25) is 0 Å². The highest BCUT2D eigenvalue weighted by atomic mass is 16.6. The normalized spacial score (nSPS) is 10.6. The van der Waals surface area contributed by atoms with Gasteiger partial charge < -0.3 is 5.11 Å². The second-order valence-electron chi connectivity index (χ2n) is 3.82. The van der Waals surface area contributed by atoms with Crippen LogP contribution in [0.15, 0.2) is 30.3 Å². The smallest absolute Gasteiger partial charge is 0.269 e. The Kier molecular flexibility index (Phi) is 3.38. The van der Waals surface area contributed by atoms with Crippen molar-refractivity contribution in [2.45, 2.75) is 20.0 Å². The third-order valence-electron chi connectivity index (χ3n) is 2.66. The minimum atomic E-state index is -0.438. The molecule has 0 saturated carbocycles. The minimum absolute atomic E-state index is 0.0475. The van der Waals surface area contributed by atoms with Crippen molar-refractivity contribution in [1.82, 2.24) is 9.78 Å². The van der Waals surface area contributed by atoms with Gasteiger partial charge in [-0.2, -0.15) is 5.10 Å². The van der Waals surface area contributed by atoms with Crippen molar-refractivity contribution in [2.75, 3.05) is 0 Å². The van der Waals surface area contributed by atoms with E-state index in [0.29, 0.717) is 5.69 Å². The molecule has 1 heterocycles. The van der Waals surface area contributed by atoms with Crippen LogP contribution < -0.4 is 0 Å². The predicted molar refractivity (Wildman–Crippen MR) is 65.5 cm³/mol. The summed E-state index contributed by atoms with van der Waals surface area (Å²) in [6.45, 7) is 1.87. The molecule has 2 rings (SSSR count). The van der Waals surface area contributed by atoms with Crippen molar-refractivity contribution in [2.24, 2.45) is 0 Å². The molecule has 6 nitrogen and oxygen atoms in total. The topological polar surface area (TPSA) is 81.2 Å². The molecular formula is C12H13N3O3. The summed E-state index contributed by atoms with van der Waals surface area (Å²) in [5.41, 5.74) is 2.33. The first-order valence-corrected chi connectivity index (χ1v) is 5.59. The average Bonchev–Trinajstić information content (AvgIpc) is 2.82. The first kappa shape index (κ1) is 12.3. The Morgan fingerprint density at radius 1 is 1.39 bits per heavy atom. The second kappa shape index (κ2) is 4.97. The number of hydrogen-bond donors (Lipinski definition) is 1. The molecule has 0 aliphatic heterocycles. The molecule has 0 fully saturated rings. The van der Waals surface area contributed by atoms with E-state index < -0.39 is 4.92 Å². The number of nitro benzene ring substituents is 1. The lowest BCUT2D eigenvalue weighted by molar-refractivity contribution is -0.384. The van der Waals surface area contributed by atoms with Gasteiger partial charge in [0, 0.05) is 17.8 Å². The third-order valence-corrected chi connectivity index (χ3v) is 2.66. The molecule has 0 radical (unpaired) electrons. The van der Waals surface area contributed by atoms with Gasteiger partial charge in [0.2, 0.25) is 0 Å². The Bertz CT molecular complexity index is 560. The molecule has 0 aliphatic carbocycles. The maximum absolute atomic E-state index is 10.6. The molecule has 0 bridgehead atoms. The number of nitrogens with zero attached hydrogens (tertiary/aromatic N) is 3. The predicted octanol–water partition coefficient (Wildman–Crippen LogP) is 1.84. The van der Waals surface area contributed by atoms with Crippen LogP contribution in [0.3, 0.4) is 0 Å². The van der Waals surface area contributed by atoms with Crippen molar-refractivity contribution >= 4 is 5.69 Å². The van der Waals surface area contributed by atoms with E-state index in [4.69, 9.17) is 5.11 Å². The average molecular weight is 247 g/mol. The quantitative estimate of drug-likeness (QED) is 0.660. The van der Waals surface area contributed by atoms with E-state index in [1.54, 1.807) is 16.8 Å². The van der Waals surface area contributed by atoms with Crippen molar-refractivity contribution in [3.05, 3.63) is 51.8 Å². The number of nitro groups is 1. The monoisotopic (exact) mass is 247 g/mol. The Hall–Kier alpha value is -2.21. The number of aliphatic hydroxyl groups is 1. The summed E-state index contributed by atoms with van der Waals surface area (Å²) in [4.78, 5) is 10.1. The van der Waals surface area contributed by atoms with Gasteiger partial charge in [-0.1, -0.05) is 6.92 Å². The molecule has 1 aromatic carbocycles. The number of benzene rings is 1. The summed E-state index contributed by atoms with van der Waals surface area (Å²) in [6, 6.07) is 7.99. The fourth-order valence-corrected chi connectivity index (χ4v) is 1.74.